The third-order valence-electron chi connectivity index (χ3n) is 6.15. The van der Waals surface area contributed by atoms with Crippen LogP contribution < -0.4 is 10.6 Å². The van der Waals surface area contributed by atoms with Gasteiger partial charge < -0.3 is 15.5 Å². The molecule has 1 unspecified atom stereocenters. The number of benzene rings is 1. The van der Waals surface area contributed by atoms with E-state index in [1.165, 1.54) is 19.3 Å². The van der Waals surface area contributed by atoms with Crippen molar-refractivity contribution in [1.29, 1.82) is 0 Å². The number of hydrogen-bond donors (Lipinski definition) is 2. The van der Waals surface area contributed by atoms with Crippen molar-refractivity contribution in [2.75, 3.05) is 32.7 Å². The molecule has 0 aromatic heterocycles. The van der Waals surface area contributed by atoms with Crippen molar-refractivity contribution in [3.8, 4) is 0 Å². The first kappa shape index (κ1) is 18.9. The molecule has 28 heavy (non-hydrogen) atoms. The van der Waals surface area contributed by atoms with Crippen molar-refractivity contribution in [1.82, 2.24) is 20.4 Å². The summed E-state index contributed by atoms with van der Waals surface area (Å²) >= 11 is 0. The molecule has 1 spiro atoms. The Labute approximate surface area is 165 Å². The highest BCUT2D eigenvalue weighted by atomic mass is 16.2. The molecule has 0 saturated carbocycles. The van der Waals surface area contributed by atoms with Gasteiger partial charge in [0.05, 0.1) is 0 Å². The normalized spacial score (nSPS) is 24.5. The van der Waals surface area contributed by atoms with E-state index in [-0.39, 0.29) is 18.4 Å². The van der Waals surface area contributed by atoms with Gasteiger partial charge in [0.1, 0.15) is 12.1 Å². The number of hydrogen-bond acceptors (Lipinski definition) is 4. The molecular formula is C21H28N4O3. The molecule has 7 heteroatoms. The largest absolute Gasteiger partial charge is 0.354 e. The smallest absolute Gasteiger partial charge is 0.325 e. The van der Waals surface area contributed by atoms with Gasteiger partial charge in [0.25, 0.3) is 5.91 Å². The van der Waals surface area contributed by atoms with E-state index in [4.69, 9.17) is 0 Å². The number of rotatable bonds is 6. The monoisotopic (exact) mass is 384 g/mol. The van der Waals surface area contributed by atoms with E-state index >= 15 is 0 Å². The first-order chi connectivity index (χ1) is 13.6. The summed E-state index contributed by atoms with van der Waals surface area (Å²) in [5, 5.41) is 5.70. The van der Waals surface area contributed by atoms with E-state index < -0.39 is 11.6 Å². The lowest BCUT2D eigenvalue weighted by Gasteiger charge is -2.26. The molecule has 1 aromatic carbocycles. The molecule has 2 N–H and O–H groups in total. The molecule has 150 valence electrons. The predicted octanol–water partition coefficient (Wildman–Crippen LogP) is 1.37. The van der Waals surface area contributed by atoms with Crippen molar-refractivity contribution in [2.24, 2.45) is 0 Å². The Bertz CT molecular complexity index is 775. The summed E-state index contributed by atoms with van der Waals surface area (Å²) in [4.78, 5) is 41.2. The lowest BCUT2D eigenvalue weighted by molar-refractivity contribution is -0.135. The summed E-state index contributed by atoms with van der Waals surface area (Å²) in [6.45, 7) is 3.59. The van der Waals surface area contributed by atoms with Crippen molar-refractivity contribution in [3.05, 3.63) is 35.4 Å². The molecule has 1 aliphatic carbocycles. The maximum Gasteiger partial charge on any atom is 0.325 e. The van der Waals surface area contributed by atoms with Gasteiger partial charge in [0, 0.05) is 6.54 Å². The van der Waals surface area contributed by atoms with Gasteiger partial charge in [-0.3, -0.25) is 14.5 Å². The second kappa shape index (κ2) is 7.91. The molecule has 4 amide bonds. The van der Waals surface area contributed by atoms with E-state index in [1.807, 2.05) is 24.3 Å². The number of carbonyl (C=O) groups is 3. The minimum absolute atomic E-state index is 0.224. The van der Waals surface area contributed by atoms with Gasteiger partial charge >= 0.3 is 6.03 Å². The fraction of sp³-hybridized carbons (Fsp3) is 0.571. The van der Waals surface area contributed by atoms with Crippen LogP contribution in [0.15, 0.2) is 24.3 Å². The van der Waals surface area contributed by atoms with Crippen LogP contribution in [-0.2, 0) is 21.5 Å². The maximum absolute atomic E-state index is 13.0. The number of piperidine rings is 1. The van der Waals surface area contributed by atoms with Gasteiger partial charge in [-0.15, -0.1) is 0 Å². The maximum atomic E-state index is 13.0. The number of urea groups is 1. The van der Waals surface area contributed by atoms with Gasteiger partial charge in [0.2, 0.25) is 5.91 Å². The van der Waals surface area contributed by atoms with Crippen molar-refractivity contribution >= 4 is 17.8 Å². The zero-order valence-electron chi connectivity index (χ0n) is 16.2. The van der Waals surface area contributed by atoms with E-state index in [0.717, 1.165) is 48.5 Å². The van der Waals surface area contributed by atoms with Crippen LogP contribution in [0.25, 0.3) is 0 Å². The number of nitrogens with one attached hydrogen (secondary N) is 2. The Morgan fingerprint density at radius 1 is 1.14 bits per heavy atom. The molecule has 0 bridgehead atoms. The van der Waals surface area contributed by atoms with Crippen LogP contribution in [0.4, 0.5) is 4.79 Å². The summed E-state index contributed by atoms with van der Waals surface area (Å²) in [7, 11) is 0. The van der Waals surface area contributed by atoms with Crippen LogP contribution in [0.3, 0.4) is 0 Å². The summed E-state index contributed by atoms with van der Waals surface area (Å²) in [6.07, 6.45) is 5.99. The Morgan fingerprint density at radius 2 is 1.93 bits per heavy atom. The molecule has 0 radical (unpaired) electrons. The number of fused-ring (bicyclic) bond motifs is 2. The SMILES string of the molecule is O=C(CN1C(=O)NC2(CCc3ccccc32)C1=O)NCCCN1CCCCC1. The van der Waals surface area contributed by atoms with Gasteiger partial charge in [-0.25, -0.2) is 4.79 Å². The molecule has 3 aliphatic rings. The van der Waals surface area contributed by atoms with E-state index in [0.29, 0.717) is 13.0 Å². The minimum atomic E-state index is -0.998. The van der Waals surface area contributed by atoms with E-state index in [1.54, 1.807) is 0 Å². The highest BCUT2D eigenvalue weighted by molar-refractivity contribution is 6.09. The van der Waals surface area contributed by atoms with Crippen LogP contribution in [0, 0.1) is 0 Å². The fourth-order valence-corrected chi connectivity index (χ4v) is 4.65. The Morgan fingerprint density at radius 3 is 2.75 bits per heavy atom. The quantitative estimate of drug-likeness (QED) is 0.573. The average molecular weight is 384 g/mol. The van der Waals surface area contributed by atoms with Crippen LogP contribution >= 0.6 is 0 Å². The second-order valence-electron chi connectivity index (χ2n) is 7.99. The lowest BCUT2D eigenvalue weighted by Crippen LogP contribution is -2.44. The molecular weight excluding hydrogens is 356 g/mol. The minimum Gasteiger partial charge on any atom is -0.354 e. The summed E-state index contributed by atoms with van der Waals surface area (Å²) in [6, 6.07) is 7.22. The lowest BCUT2D eigenvalue weighted by atomic mass is 9.92. The third kappa shape index (κ3) is 3.51. The average Bonchev–Trinajstić information content (AvgIpc) is 3.20. The standard InChI is InChI=1S/C21H28N4O3/c26-18(22-11-6-14-24-12-4-1-5-13-24)15-25-19(27)21(23-20(25)28)10-9-16-7-2-3-8-17(16)21/h2-3,7-8H,1,4-6,9-15H2,(H,22,26)(H,23,28). The topological polar surface area (TPSA) is 81.8 Å². The van der Waals surface area contributed by atoms with Crippen LogP contribution in [0.2, 0.25) is 0 Å². The number of imide groups is 1. The van der Waals surface area contributed by atoms with Gasteiger partial charge in [0.15, 0.2) is 0 Å². The molecule has 1 atom stereocenters. The number of aryl methyl sites for hydroxylation is 1. The third-order valence-corrected chi connectivity index (χ3v) is 6.15. The second-order valence-corrected chi connectivity index (χ2v) is 7.99. The summed E-state index contributed by atoms with van der Waals surface area (Å²) in [5.74, 6) is -0.601. The predicted molar refractivity (Wildman–Crippen MR) is 105 cm³/mol. The first-order valence-corrected chi connectivity index (χ1v) is 10.3. The number of carbonyl (C=O) groups excluding carboxylic acids is 3. The Balaban J connectivity index is 1.29. The molecule has 2 aliphatic heterocycles. The summed E-state index contributed by atoms with van der Waals surface area (Å²) in [5.41, 5.74) is 0.945. The number of likely N-dealkylation sites (tertiary alicyclic amines) is 1. The van der Waals surface area contributed by atoms with Crippen LogP contribution in [0.5, 0.6) is 0 Å². The number of amides is 4. The van der Waals surface area contributed by atoms with Crippen molar-refractivity contribution < 1.29 is 14.4 Å². The molecule has 4 rings (SSSR count). The molecule has 2 heterocycles. The molecule has 1 aromatic rings. The number of nitrogens with zero attached hydrogens (tertiary/aromatic N) is 2. The summed E-state index contributed by atoms with van der Waals surface area (Å²) < 4.78 is 0. The molecule has 2 fully saturated rings. The van der Waals surface area contributed by atoms with E-state index in [9.17, 15) is 14.4 Å². The van der Waals surface area contributed by atoms with Gasteiger partial charge in [-0.05, 0) is 62.9 Å². The highest BCUT2D eigenvalue weighted by Gasteiger charge is 2.55. The van der Waals surface area contributed by atoms with E-state index in [2.05, 4.69) is 15.5 Å². The van der Waals surface area contributed by atoms with Crippen LogP contribution in [-0.4, -0.2) is 60.4 Å². The Kier molecular flexibility index (Phi) is 5.35. The van der Waals surface area contributed by atoms with Gasteiger partial charge in [-0.2, -0.15) is 0 Å². The fourth-order valence-electron chi connectivity index (χ4n) is 4.65. The van der Waals surface area contributed by atoms with Crippen LogP contribution in [0.1, 0.15) is 43.2 Å². The first-order valence-electron chi connectivity index (χ1n) is 10.3. The zero-order valence-corrected chi connectivity index (χ0v) is 16.2. The zero-order chi connectivity index (χ0) is 19.6. The van der Waals surface area contributed by atoms with Gasteiger partial charge in [-0.1, -0.05) is 30.7 Å². The van der Waals surface area contributed by atoms with Crippen molar-refractivity contribution in [3.63, 3.8) is 0 Å². The molecule has 7 nitrogen and oxygen atoms in total. The van der Waals surface area contributed by atoms with Crippen molar-refractivity contribution in [2.45, 2.75) is 44.1 Å². The Hall–Kier alpha value is -2.41. The molecule has 2 saturated heterocycles. The highest BCUT2D eigenvalue weighted by Crippen LogP contribution is 2.41.